The van der Waals surface area contributed by atoms with Crippen LogP contribution in [0.5, 0.6) is 0 Å². The van der Waals surface area contributed by atoms with Gasteiger partial charge in [-0.25, -0.2) is 0 Å². The number of thioether (sulfide) groups is 1. The Labute approximate surface area is 130 Å². The van der Waals surface area contributed by atoms with Gasteiger partial charge in [0.15, 0.2) is 0 Å². The molecule has 1 aromatic rings. The van der Waals surface area contributed by atoms with Crippen molar-refractivity contribution in [3.8, 4) is 11.8 Å². The van der Waals surface area contributed by atoms with Gasteiger partial charge >= 0.3 is 0 Å². The molecule has 2 unspecified atom stereocenters. The molecule has 112 valence electrons. The predicted octanol–water partition coefficient (Wildman–Crippen LogP) is 2.39. The minimum atomic E-state index is 0.0763. The summed E-state index contributed by atoms with van der Waals surface area (Å²) in [4.78, 5) is 14.5. The quantitative estimate of drug-likeness (QED) is 0.853. The number of carbonyl (C=O) groups is 1. The summed E-state index contributed by atoms with van der Waals surface area (Å²) in [7, 11) is 0. The monoisotopic (exact) mass is 303 g/mol. The van der Waals surface area contributed by atoms with Crippen LogP contribution in [0.1, 0.15) is 36.2 Å². The maximum absolute atomic E-state index is 12.5. The van der Waals surface area contributed by atoms with Crippen molar-refractivity contribution in [1.82, 2.24) is 4.90 Å². The van der Waals surface area contributed by atoms with E-state index >= 15 is 0 Å². The lowest BCUT2D eigenvalue weighted by atomic mass is 10.1. The Balaban J connectivity index is 2.04. The Morgan fingerprint density at radius 3 is 2.48 bits per heavy atom. The third kappa shape index (κ3) is 4.52. The van der Waals surface area contributed by atoms with Crippen molar-refractivity contribution >= 4 is 17.7 Å². The van der Waals surface area contributed by atoms with E-state index in [1.807, 2.05) is 40.9 Å². The molecule has 0 bridgehead atoms. The Bertz CT molecular complexity index is 534. The fourth-order valence-corrected chi connectivity index (χ4v) is 3.77. The number of hydrogen-bond donors (Lipinski definition) is 1. The maximum Gasteiger partial charge on any atom is 0.253 e. The average Bonchev–Trinajstić information content (AvgIpc) is 2.46. The molecule has 1 fully saturated rings. The van der Waals surface area contributed by atoms with Gasteiger partial charge in [-0.3, -0.25) is 4.79 Å². The molecule has 1 saturated heterocycles. The lowest BCUT2D eigenvalue weighted by Gasteiger charge is -2.34. The standard InChI is InChI=1S/C17H21NO2S/c1-13-11-18(12-14(2)21-13)17(20)16-8-6-15(7-9-16)5-3-4-10-19/h6-9,13-14,19H,4,10-12H2,1-2H3. The molecule has 1 aliphatic heterocycles. The van der Waals surface area contributed by atoms with Crippen LogP contribution in [0, 0.1) is 11.8 Å². The third-order valence-electron chi connectivity index (χ3n) is 3.31. The van der Waals surface area contributed by atoms with E-state index in [0.29, 0.717) is 22.5 Å². The van der Waals surface area contributed by atoms with Gasteiger partial charge in [-0.1, -0.05) is 25.7 Å². The van der Waals surface area contributed by atoms with Gasteiger partial charge in [0.2, 0.25) is 0 Å². The Kier molecular flexibility index (Phi) is 5.72. The van der Waals surface area contributed by atoms with Crippen molar-refractivity contribution in [2.45, 2.75) is 30.8 Å². The Hall–Kier alpha value is -1.44. The number of aliphatic hydroxyl groups excluding tert-OH is 1. The summed E-state index contributed by atoms with van der Waals surface area (Å²) in [5.41, 5.74) is 1.59. The summed E-state index contributed by atoms with van der Waals surface area (Å²) in [6.07, 6.45) is 0.474. The molecule has 1 N–H and O–H groups in total. The van der Waals surface area contributed by atoms with Crippen LogP contribution in [0.25, 0.3) is 0 Å². The van der Waals surface area contributed by atoms with E-state index in [0.717, 1.165) is 18.7 Å². The number of aliphatic hydroxyl groups is 1. The van der Waals surface area contributed by atoms with Gasteiger partial charge in [0.05, 0.1) is 6.61 Å². The van der Waals surface area contributed by atoms with Crippen LogP contribution in [0.3, 0.4) is 0 Å². The smallest absolute Gasteiger partial charge is 0.253 e. The fourth-order valence-electron chi connectivity index (χ4n) is 2.44. The van der Waals surface area contributed by atoms with Gasteiger partial charge in [0.1, 0.15) is 0 Å². The zero-order valence-electron chi connectivity index (χ0n) is 12.5. The maximum atomic E-state index is 12.5. The molecule has 0 aliphatic carbocycles. The number of rotatable bonds is 2. The molecule has 3 nitrogen and oxygen atoms in total. The van der Waals surface area contributed by atoms with E-state index in [9.17, 15) is 4.79 Å². The highest BCUT2D eigenvalue weighted by atomic mass is 32.2. The van der Waals surface area contributed by atoms with Crippen LogP contribution in [-0.4, -0.2) is 46.1 Å². The zero-order chi connectivity index (χ0) is 15.2. The second kappa shape index (κ2) is 7.53. The second-order valence-electron chi connectivity index (χ2n) is 5.32. The van der Waals surface area contributed by atoms with Crippen molar-refractivity contribution in [3.63, 3.8) is 0 Å². The van der Waals surface area contributed by atoms with Gasteiger partial charge in [-0.05, 0) is 24.3 Å². The van der Waals surface area contributed by atoms with Crippen LogP contribution < -0.4 is 0 Å². The van der Waals surface area contributed by atoms with Crippen LogP contribution in [-0.2, 0) is 0 Å². The highest BCUT2D eigenvalue weighted by molar-refractivity contribution is 8.00. The molecule has 2 rings (SSSR count). The number of nitrogens with zero attached hydrogens (tertiary/aromatic N) is 1. The van der Waals surface area contributed by atoms with Crippen LogP contribution >= 0.6 is 11.8 Å². The molecule has 1 aromatic carbocycles. The first kappa shape index (κ1) is 15.9. The Morgan fingerprint density at radius 2 is 1.90 bits per heavy atom. The first-order valence-electron chi connectivity index (χ1n) is 7.24. The molecule has 1 heterocycles. The highest BCUT2D eigenvalue weighted by Gasteiger charge is 2.26. The normalized spacial score (nSPS) is 21.6. The molecule has 1 aliphatic rings. The first-order chi connectivity index (χ1) is 10.1. The van der Waals surface area contributed by atoms with E-state index < -0.39 is 0 Å². The molecule has 0 spiro atoms. The summed E-state index contributed by atoms with van der Waals surface area (Å²) in [5, 5.41) is 9.67. The van der Waals surface area contributed by atoms with Crippen molar-refractivity contribution < 1.29 is 9.90 Å². The summed E-state index contributed by atoms with van der Waals surface area (Å²) in [6.45, 7) is 6.03. The van der Waals surface area contributed by atoms with Crippen LogP contribution in [0.15, 0.2) is 24.3 Å². The predicted molar refractivity (Wildman–Crippen MR) is 87.4 cm³/mol. The number of carbonyl (C=O) groups excluding carboxylic acids is 1. The molecule has 0 saturated carbocycles. The topological polar surface area (TPSA) is 40.5 Å². The molecule has 4 heteroatoms. The lowest BCUT2D eigenvalue weighted by molar-refractivity contribution is 0.0753. The van der Waals surface area contributed by atoms with E-state index in [-0.39, 0.29) is 12.5 Å². The van der Waals surface area contributed by atoms with Gasteiger partial charge < -0.3 is 10.0 Å². The van der Waals surface area contributed by atoms with Crippen molar-refractivity contribution in [1.29, 1.82) is 0 Å². The van der Waals surface area contributed by atoms with Gasteiger partial charge in [-0.2, -0.15) is 11.8 Å². The average molecular weight is 303 g/mol. The molecule has 2 atom stereocenters. The lowest BCUT2D eigenvalue weighted by Crippen LogP contribution is -2.44. The van der Waals surface area contributed by atoms with Crippen molar-refractivity contribution in [2.24, 2.45) is 0 Å². The molecular weight excluding hydrogens is 282 g/mol. The Morgan fingerprint density at radius 1 is 1.29 bits per heavy atom. The molecule has 0 radical (unpaired) electrons. The third-order valence-corrected chi connectivity index (χ3v) is 4.54. The van der Waals surface area contributed by atoms with Crippen molar-refractivity contribution in [2.75, 3.05) is 19.7 Å². The van der Waals surface area contributed by atoms with Gasteiger partial charge in [0, 0.05) is 41.1 Å². The fraction of sp³-hybridized carbons (Fsp3) is 0.471. The second-order valence-corrected chi connectivity index (χ2v) is 7.20. The molecule has 0 aromatic heterocycles. The zero-order valence-corrected chi connectivity index (χ0v) is 13.3. The van der Waals surface area contributed by atoms with Crippen molar-refractivity contribution in [3.05, 3.63) is 35.4 Å². The molecule has 21 heavy (non-hydrogen) atoms. The highest BCUT2D eigenvalue weighted by Crippen LogP contribution is 2.25. The summed E-state index contributed by atoms with van der Waals surface area (Å²) in [5.74, 6) is 5.94. The van der Waals surface area contributed by atoms with Crippen LogP contribution in [0.4, 0.5) is 0 Å². The minimum Gasteiger partial charge on any atom is -0.395 e. The van der Waals surface area contributed by atoms with E-state index in [1.54, 1.807) is 0 Å². The van der Waals surface area contributed by atoms with E-state index in [1.165, 1.54) is 0 Å². The number of benzene rings is 1. The van der Waals surface area contributed by atoms with Gasteiger partial charge in [0.25, 0.3) is 5.91 Å². The first-order valence-corrected chi connectivity index (χ1v) is 8.19. The molecular formula is C17H21NO2S. The number of hydrogen-bond acceptors (Lipinski definition) is 3. The summed E-state index contributed by atoms with van der Waals surface area (Å²) >= 11 is 1.94. The van der Waals surface area contributed by atoms with E-state index in [2.05, 4.69) is 25.7 Å². The molecule has 1 amide bonds. The van der Waals surface area contributed by atoms with Gasteiger partial charge in [-0.15, -0.1) is 0 Å². The van der Waals surface area contributed by atoms with Crippen LogP contribution in [0.2, 0.25) is 0 Å². The van der Waals surface area contributed by atoms with E-state index in [4.69, 9.17) is 5.11 Å². The SMILES string of the molecule is CC1CN(C(=O)c2ccc(C#CCCO)cc2)CC(C)S1. The number of amides is 1. The largest absolute Gasteiger partial charge is 0.395 e. The minimum absolute atomic E-state index is 0.0763. The summed E-state index contributed by atoms with van der Waals surface area (Å²) in [6, 6.07) is 7.40. The summed E-state index contributed by atoms with van der Waals surface area (Å²) < 4.78 is 0.